The molecule has 7 heteroatoms. The van der Waals surface area contributed by atoms with Gasteiger partial charge in [0.05, 0.1) is 19.8 Å². The van der Waals surface area contributed by atoms with E-state index in [1.165, 1.54) is 0 Å². The summed E-state index contributed by atoms with van der Waals surface area (Å²) in [6.07, 6.45) is 0. The first-order valence-electron chi connectivity index (χ1n) is 9.70. The van der Waals surface area contributed by atoms with Crippen molar-refractivity contribution in [1.82, 2.24) is 4.90 Å². The molecular weight excluding hydrogens is 372 g/mol. The highest BCUT2D eigenvalue weighted by Crippen LogP contribution is 2.29. The number of carbonyl (C=O) groups is 2. The first-order valence-corrected chi connectivity index (χ1v) is 9.70. The van der Waals surface area contributed by atoms with Crippen molar-refractivity contribution in [3.63, 3.8) is 0 Å². The zero-order chi connectivity index (χ0) is 20.6. The largest absolute Gasteiger partial charge is 0.490 e. The second-order valence-corrected chi connectivity index (χ2v) is 6.70. The van der Waals surface area contributed by atoms with Crippen molar-refractivity contribution in [2.45, 2.75) is 13.8 Å². The second kappa shape index (κ2) is 9.93. The lowest BCUT2D eigenvalue weighted by atomic mass is 10.1. The third-order valence-electron chi connectivity index (χ3n) is 4.50. The van der Waals surface area contributed by atoms with Gasteiger partial charge in [-0.25, -0.2) is 0 Å². The van der Waals surface area contributed by atoms with Gasteiger partial charge in [0.1, 0.15) is 0 Å². The molecule has 0 aromatic heterocycles. The topological polar surface area (TPSA) is 77.1 Å². The summed E-state index contributed by atoms with van der Waals surface area (Å²) >= 11 is 0. The highest BCUT2D eigenvalue weighted by molar-refractivity contribution is 6.04. The van der Waals surface area contributed by atoms with Gasteiger partial charge in [-0.15, -0.1) is 0 Å². The number of benzene rings is 2. The van der Waals surface area contributed by atoms with E-state index in [-0.39, 0.29) is 18.4 Å². The van der Waals surface area contributed by atoms with Gasteiger partial charge in [0, 0.05) is 24.3 Å². The molecule has 2 aromatic rings. The lowest BCUT2D eigenvalue weighted by molar-refractivity contribution is -0.137. The van der Waals surface area contributed by atoms with E-state index in [4.69, 9.17) is 14.2 Å². The maximum atomic E-state index is 12.6. The van der Waals surface area contributed by atoms with Crippen LogP contribution < -0.4 is 14.8 Å². The van der Waals surface area contributed by atoms with Gasteiger partial charge in [-0.3, -0.25) is 9.59 Å². The minimum absolute atomic E-state index is 0.0884. The number of anilines is 1. The number of hydrogen-bond donors (Lipinski definition) is 1. The molecule has 1 aliphatic heterocycles. The summed E-state index contributed by atoms with van der Waals surface area (Å²) in [5.74, 6) is 0.518. The first kappa shape index (κ1) is 20.7. The van der Waals surface area contributed by atoms with Gasteiger partial charge in [0.2, 0.25) is 0 Å². The van der Waals surface area contributed by atoms with Crippen molar-refractivity contribution in [3.8, 4) is 11.5 Å². The Morgan fingerprint density at radius 1 is 1.07 bits per heavy atom. The van der Waals surface area contributed by atoms with Gasteiger partial charge in [-0.2, -0.15) is 0 Å². The minimum Gasteiger partial charge on any atom is -0.490 e. The SMILES string of the molecule is CCOc1cc(C(=O)Nc2cccc(C)c2)ccc1OCC(=O)N1CCOCC1. The van der Waals surface area contributed by atoms with Crippen LogP contribution in [-0.4, -0.2) is 56.2 Å². The molecule has 0 unspecified atom stereocenters. The van der Waals surface area contributed by atoms with Crippen LogP contribution in [0.2, 0.25) is 0 Å². The van der Waals surface area contributed by atoms with Crippen molar-refractivity contribution in [1.29, 1.82) is 0 Å². The fourth-order valence-electron chi connectivity index (χ4n) is 3.01. The summed E-state index contributed by atoms with van der Waals surface area (Å²) in [4.78, 5) is 26.6. The van der Waals surface area contributed by atoms with Crippen LogP contribution in [0.25, 0.3) is 0 Å². The number of hydrogen-bond acceptors (Lipinski definition) is 5. The molecule has 154 valence electrons. The third kappa shape index (κ3) is 5.71. The number of carbonyl (C=O) groups excluding carboxylic acids is 2. The van der Waals surface area contributed by atoms with E-state index in [1.807, 2.05) is 38.1 Å². The van der Waals surface area contributed by atoms with Gasteiger partial charge in [0.15, 0.2) is 18.1 Å². The monoisotopic (exact) mass is 398 g/mol. The molecule has 1 fully saturated rings. The van der Waals surface area contributed by atoms with Crippen LogP contribution in [0.1, 0.15) is 22.8 Å². The maximum Gasteiger partial charge on any atom is 0.260 e. The number of rotatable bonds is 7. The van der Waals surface area contributed by atoms with Gasteiger partial charge < -0.3 is 24.4 Å². The normalized spacial score (nSPS) is 13.7. The molecule has 3 rings (SSSR count). The Morgan fingerprint density at radius 2 is 1.86 bits per heavy atom. The van der Waals surface area contributed by atoms with E-state index in [0.29, 0.717) is 50.0 Å². The van der Waals surface area contributed by atoms with Gasteiger partial charge in [-0.1, -0.05) is 12.1 Å². The number of aryl methyl sites for hydroxylation is 1. The Bertz CT molecular complexity index is 862. The van der Waals surface area contributed by atoms with Crippen LogP contribution in [0.5, 0.6) is 11.5 Å². The molecule has 7 nitrogen and oxygen atoms in total. The summed E-state index contributed by atoms with van der Waals surface area (Å²) in [5.41, 5.74) is 2.23. The van der Waals surface area contributed by atoms with Crippen molar-refractivity contribution in [3.05, 3.63) is 53.6 Å². The Hall–Kier alpha value is -3.06. The van der Waals surface area contributed by atoms with Crippen molar-refractivity contribution >= 4 is 17.5 Å². The van der Waals surface area contributed by atoms with E-state index in [0.717, 1.165) is 11.3 Å². The molecule has 1 aliphatic rings. The zero-order valence-electron chi connectivity index (χ0n) is 16.8. The molecule has 0 bridgehead atoms. The van der Waals surface area contributed by atoms with Crippen molar-refractivity contribution in [2.75, 3.05) is 44.8 Å². The molecule has 29 heavy (non-hydrogen) atoms. The molecule has 0 spiro atoms. The summed E-state index contributed by atoms with van der Waals surface area (Å²) in [5, 5.41) is 2.87. The molecular formula is C22H26N2O5. The van der Waals surface area contributed by atoms with Gasteiger partial charge in [-0.05, 0) is 49.7 Å². The smallest absolute Gasteiger partial charge is 0.260 e. The second-order valence-electron chi connectivity index (χ2n) is 6.70. The van der Waals surface area contributed by atoms with Crippen LogP contribution in [0.4, 0.5) is 5.69 Å². The molecule has 0 radical (unpaired) electrons. The summed E-state index contributed by atoms with van der Waals surface area (Å²) < 4.78 is 16.6. The molecule has 2 aromatic carbocycles. The molecule has 1 heterocycles. The Balaban J connectivity index is 1.67. The quantitative estimate of drug-likeness (QED) is 0.776. The number of morpholine rings is 1. The van der Waals surface area contributed by atoms with Crippen molar-refractivity contribution < 1.29 is 23.8 Å². The fraction of sp³-hybridized carbons (Fsp3) is 0.364. The summed E-state index contributed by atoms with van der Waals surface area (Å²) in [7, 11) is 0. The third-order valence-corrected chi connectivity index (χ3v) is 4.50. The van der Waals surface area contributed by atoms with Crippen LogP contribution in [0.15, 0.2) is 42.5 Å². The Morgan fingerprint density at radius 3 is 2.59 bits per heavy atom. The average Bonchev–Trinajstić information content (AvgIpc) is 2.73. The molecule has 1 saturated heterocycles. The van der Waals surface area contributed by atoms with E-state index in [1.54, 1.807) is 23.1 Å². The standard InChI is InChI=1S/C22H26N2O5/c1-3-28-20-14-17(22(26)23-18-6-4-5-16(2)13-18)7-8-19(20)29-15-21(25)24-9-11-27-12-10-24/h4-8,13-14H,3,9-12,15H2,1-2H3,(H,23,26). The lowest BCUT2D eigenvalue weighted by Crippen LogP contribution is -2.43. The first-order chi connectivity index (χ1) is 14.1. The lowest BCUT2D eigenvalue weighted by Gasteiger charge is -2.26. The van der Waals surface area contributed by atoms with Gasteiger partial charge in [0.25, 0.3) is 11.8 Å². The zero-order valence-corrected chi connectivity index (χ0v) is 16.8. The van der Waals surface area contributed by atoms with Crippen LogP contribution in [-0.2, 0) is 9.53 Å². The van der Waals surface area contributed by atoms with E-state index < -0.39 is 0 Å². The van der Waals surface area contributed by atoms with E-state index in [2.05, 4.69) is 5.32 Å². The predicted octanol–water partition coefficient (Wildman–Crippen LogP) is 2.88. The Labute approximate surface area is 170 Å². The Kier molecular flexibility index (Phi) is 7.08. The number of nitrogens with one attached hydrogen (secondary N) is 1. The molecule has 2 amide bonds. The summed E-state index contributed by atoms with van der Waals surface area (Å²) in [6.45, 7) is 6.36. The van der Waals surface area contributed by atoms with E-state index in [9.17, 15) is 9.59 Å². The molecule has 0 saturated carbocycles. The van der Waals surface area contributed by atoms with E-state index >= 15 is 0 Å². The van der Waals surface area contributed by atoms with Gasteiger partial charge >= 0.3 is 0 Å². The van der Waals surface area contributed by atoms with Crippen LogP contribution >= 0.6 is 0 Å². The van der Waals surface area contributed by atoms with Crippen molar-refractivity contribution in [2.24, 2.45) is 0 Å². The summed E-state index contributed by atoms with van der Waals surface area (Å²) in [6, 6.07) is 12.5. The average molecular weight is 398 g/mol. The molecule has 0 atom stereocenters. The predicted molar refractivity (Wildman–Crippen MR) is 110 cm³/mol. The molecule has 1 N–H and O–H groups in total. The highest BCUT2D eigenvalue weighted by atomic mass is 16.5. The number of nitrogens with zero attached hydrogens (tertiary/aromatic N) is 1. The minimum atomic E-state index is -0.243. The maximum absolute atomic E-state index is 12.6. The number of amides is 2. The molecule has 0 aliphatic carbocycles. The van der Waals surface area contributed by atoms with Crippen LogP contribution in [0.3, 0.4) is 0 Å². The number of ether oxygens (including phenoxy) is 3. The van der Waals surface area contributed by atoms with Crippen LogP contribution in [0, 0.1) is 6.92 Å². The highest BCUT2D eigenvalue weighted by Gasteiger charge is 2.18. The fourth-order valence-corrected chi connectivity index (χ4v) is 3.01.